The van der Waals surface area contributed by atoms with Crippen LogP contribution in [0.2, 0.25) is 5.28 Å². The van der Waals surface area contributed by atoms with Gasteiger partial charge in [-0.05, 0) is 31.0 Å². The fraction of sp³-hybridized carbons (Fsp3) is 0.250. The molecule has 0 fully saturated rings. The molecule has 3 aromatic rings. The number of aryl methyl sites for hydroxylation is 2. The molecule has 6 heteroatoms. The quantitative estimate of drug-likeness (QED) is 0.675. The van der Waals surface area contributed by atoms with Crippen LogP contribution in [0.3, 0.4) is 0 Å². The summed E-state index contributed by atoms with van der Waals surface area (Å²) in [6.45, 7) is 4.07. The van der Waals surface area contributed by atoms with Crippen molar-refractivity contribution < 1.29 is 0 Å². The summed E-state index contributed by atoms with van der Waals surface area (Å²) in [6.07, 6.45) is 4.63. The van der Waals surface area contributed by atoms with Gasteiger partial charge in [0.2, 0.25) is 5.28 Å². The standard InChI is InChI=1S/C12H11ClN4S/c1-3-8-6-9-10(17-5-4-14-7(17)2)15-12(13)16-11(9)18-8/h4-6H,3H2,1-2H3. The topological polar surface area (TPSA) is 43.6 Å². The van der Waals surface area contributed by atoms with Crippen LogP contribution in [0, 0.1) is 6.92 Å². The number of rotatable bonds is 2. The van der Waals surface area contributed by atoms with Crippen LogP contribution in [-0.2, 0) is 6.42 Å². The van der Waals surface area contributed by atoms with Crippen LogP contribution < -0.4 is 0 Å². The lowest BCUT2D eigenvalue weighted by Gasteiger charge is -2.05. The Morgan fingerprint density at radius 3 is 2.89 bits per heavy atom. The van der Waals surface area contributed by atoms with Crippen LogP contribution in [0.1, 0.15) is 17.6 Å². The van der Waals surface area contributed by atoms with Crippen molar-refractivity contribution in [1.82, 2.24) is 19.5 Å². The van der Waals surface area contributed by atoms with E-state index in [1.165, 1.54) is 4.88 Å². The molecular weight excluding hydrogens is 268 g/mol. The fourth-order valence-electron chi connectivity index (χ4n) is 1.89. The van der Waals surface area contributed by atoms with E-state index in [-0.39, 0.29) is 5.28 Å². The van der Waals surface area contributed by atoms with Crippen molar-refractivity contribution in [2.45, 2.75) is 20.3 Å². The van der Waals surface area contributed by atoms with Crippen molar-refractivity contribution in [3.8, 4) is 5.82 Å². The second kappa shape index (κ2) is 4.33. The zero-order valence-corrected chi connectivity index (χ0v) is 11.6. The third-order valence-corrected chi connectivity index (χ3v) is 4.14. The molecule has 0 aliphatic heterocycles. The number of imidazole rings is 1. The smallest absolute Gasteiger partial charge is 0.225 e. The lowest BCUT2D eigenvalue weighted by Crippen LogP contribution is -2.00. The maximum atomic E-state index is 6.00. The summed E-state index contributed by atoms with van der Waals surface area (Å²) in [7, 11) is 0. The monoisotopic (exact) mass is 278 g/mol. The van der Waals surface area contributed by atoms with Crippen LogP contribution in [-0.4, -0.2) is 19.5 Å². The summed E-state index contributed by atoms with van der Waals surface area (Å²) in [5, 5.41) is 1.30. The van der Waals surface area contributed by atoms with E-state index in [9.17, 15) is 0 Å². The van der Waals surface area contributed by atoms with Gasteiger partial charge in [-0.2, -0.15) is 4.98 Å². The molecule has 4 nitrogen and oxygen atoms in total. The van der Waals surface area contributed by atoms with Gasteiger partial charge >= 0.3 is 0 Å². The van der Waals surface area contributed by atoms with Gasteiger partial charge in [-0.1, -0.05) is 6.92 Å². The molecule has 0 N–H and O–H groups in total. The first-order valence-corrected chi connectivity index (χ1v) is 6.84. The number of hydrogen-bond donors (Lipinski definition) is 0. The molecule has 0 radical (unpaired) electrons. The molecule has 3 rings (SSSR count). The maximum absolute atomic E-state index is 6.00. The fourth-order valence-corrected chi connectivity index (χ4v) is 3.07. The van der Waals surface area contributed by atoms with Gasteiger partial charge in [0.1, 0.15) is 10.7 Å². The van der Waals surface area contributed by atoms with Crippen LogP contribution in [0.15, 0.2) is 18.5 Å². The van der Waals surface area contributed by atoms with E-state index < -0.39 is 0 Å². The third-order valence-electron chi connectivity index (χ3n) is 2.80. The Labute approximate surface area is 113 Å². The number of nitrogens with zero attached hydrogens (tertiary/aromatic N) is 4. The SMILES string of the molecule is CCc1cc2c(-n3ccnc3C)nc(Cl)nc2s1. The maximum Gasteiger partial charge on any atom is 0.225 e. The Hall–Kier alpha value is -1.46. The first kappa shape index (κ1) is 11.6. The van der Waals surface area contributed by atoms with Crippen LogP contribution in [0.5, 0.6) is 0 Å². The average Bonchev–Trinajstić information content (AvgIpc) is 2.93. The van der Waals surface area contributed by atoms with Gasteiger partial charge < -0.3 is 0 Å². The Morgan fingerprint density at radius 2 is 2.22 bits per heavy atom. The predicted molar refractivity (Wildman–Crippen MR) is 73.7 cm³/mol. The van der Waals surface area contributed by atoms with E-state index in [1.54, 1.807) is 17.5 Å². The van der Waals surface area contributed by atoms with Crippen LogP contribution in [0.25, 0.3) is 16.0 Å². The normalized spacial score (nSPS) is 11.3. The molecule has 3 aromatic heterocycles. The molecule has 0 unspecified atom stereocenters. The lowest BCUT2D eigenvalue weighted by molar-refractivity contribution is 0.936. The first-order valence-electron chi connectivity index (χ1n) is 5.65. The van der Waals surface area contributed by atoms with Crippen molar-refractivity contribution >= 4 is 33.2 Å². The molecule has 0 aliphatic rings. The molecule has 92 valence electrons. The zero-order chi connectivity index (χ0) is 12.7. The number of aromatic nitrogens is 4. The highest BCUT2D eigenvalue weighted by atomic mass is 35.5. The van der Waals surface area contributed by atoms with Crippen LogP contribution >= 0.6 is 22.9 Å². The van der Waals surface area contributed by atoms with Gasteiger partial charge in [-0.3, -0.25) is 4.57 Å². The molecule has 18 heavy (non-hydrogen) atoms. The summed E-state index contributed by atoms with van der Waals surface area (Å²) in [5.41, 5.74) is 0. The van der Waals surface area contributed by atoms with Gasteiger partial charge in [0, 0.05) is 17.3 Å². The lowest BCUT2D eigenvalue weighted by atomic mass is 10.3. The minimum atomic E-state index is 0.273. The summed E-state index contributed by atoms with van der Waals surface area (Å²) >= 11 is 7.66. The van der Waals surface area contributed by atoms with Gasteiger partial charge in [-0.25, -0.2) is 9.97 Å². The van der Waals surface area contributed by atoms with Gasteiger partial charge in [0.25, 0.3) is 0 Å². The molecule has 0 saturated carbocycles. The molecule has 0 bridgehead atoms. The van der Waals surface area contributed by atoms with E-state index in [4.69, 9.17) is 11.6 Å². The molecule has 3 heterocycles. The average molecular weight is 279 g/mol. The van der Waals surface area contributed by atoms with Crippen molar-refractivity contribution in [2.24, 2.45) is 0 Å². The van der Waals surface area contributed by atoms with Gasteiger partial charge in [-0.15, -0.1) is 11.3 Å². The van der Waals surface area contributed by atoms with Crippen molar-refractivity contribution in [3.63, 3.8) is 0 Å². The third kappa shape index (κ3) is 1.79. The largest absolute Gasteiger partial charge is 0.287 e. The van der Waals surface area contributed by atoms with E-state index >= 15 is 0 Å². The number of fused-ring (bicyclic) bond motifs is 1. The Morgan fingerprint density at radius 1 is 1.39 bits per heavy atom. The number of thiophene rings is 1. The van der Waals surface area contributed by atoms with Crippen molar-refractivity contribution in [3.05, 3.63) is 34.4 Å². The van der Waals surface area contributed by atoms with Crippen molar-refractivity contribution in [2.75, 3.05) is 0 Å². The molecule has 0 atom stereocenters. The van der Waals surface area contributed by atoms with E-state index in [0.29, 0.717) is 0 Å². The highest BCUT2D eigenvalue weighted by Crippen LogP contribution is 2.29. The first-order chi connectivity index (χ1) is 8.69. The number of hydrogen-bond acceptors (Lipinski definition) is 4. The zero-order valence-electron chi connectivity index (χ0n) is 10.0. The summed E-state index contributed by atoms with van der Waals surface area (Å²) in [5.74, 6) is 1.69. The summed E-state index contributed by atoms with van der Waals surface area (Å²) < 4.78 is 1.93. The van der Waals surface area contributed by atoms with E-state index in [2.05, 4.69) is 27.9 Å². The molecular formula is C12H11ClN4S. The highest BCUT2D eigenvalue weighted by Gasteiger charge is 2.13. The minimum Gasteiger partial charge on any atom is -0.287 e. The Bertz CT molecular complexity index is 716. The highest BCUT2D eigenvalue weighted by molar-refractivity contribution is 7.18. The predicted octanol–water partition coefficient (Wildman–Crippen LogP) is 3.40. The Balaban J connectivity index is 2.34. The molecule has 0 amide bonds. The second-order valence-electron chi connectivity index (χ2n) is 3.95. The Kier molecular flexibility index (Phi) is 2.80. The van der Waals surface area contributed by atoms with E-state index in [0.717, 1.165) is 28.3 Å². The van der Waals surface area contributed by atoms with E-state index in [1.807, 2.05) is 17.7 Å². The summed E-state index contributed by atoms with van der Waals surface area (Å²) in [6, 6.07) is 2.13. The van der Waals surface area contributed by atoms with Gasteiger partial charge in [0.15, 0.2) is 5.82 Å². The molecule has 0 spiro atoms. The second-order valence-corrected chi connectivity index (χ2v) is 5.40. The van der Waals surface area contributed by atoms with Crippen LogP contribution in [0.4, 0.5) is 0 Å². The van der Waals surface area contributed by atoms with Gasteiger partial charge in [0.05, 0.1) is 5.39 Å². The summed E-state index contributed by atoms with van der Waals surface area (Å²) in [4.78, 5) is 15.0. The molecule has 0 aliphatic carbocycles. The minimum absolute atomic E-state index is 0.273. The number of halogens is 1. The van der Waals surface area contributed by atoms with Crippen molar-refractivity contribution in [1.29, 1.82) is 0 Å². The molecule has 0 saturated heterocycles. The molecule has 0 aromatic carbocycles.